The smallest absolute Gasteiger partial charge is 0.345 e. The molecule has 0 aliphatic carbocycles. The Morgan fingerprint density at radius 1 is 1.42 bits per heavy atom. The van der Waals surface area contributed by atoms with E-state index in [2.05, 4.69) is 66.8 Å². The Bertz CT molecular complexity index is 933. The Kier molecular flexibility index (Phi) is 8.92. The number of aromatic nitrogens is 2. The fourth-order valence-electron chi connectivity index (χ4n) is 3.71. The van der Waals surface area contributed by atoms with Gasteiger partial charge in [0.1, 0.15) is 11.1 Å². The summed E-state index contributed by atoms with van der Waals surface area (Å²) in [6, 6.07) is 1.78. The van der Waals surface area contributed by atoms with Crippen molar-refractivity contribution in [2.75, 3.05) is 6.61 Å². The lowest BCUT2D eigenvalue weighted by Gasteiger charge is -2.45. The molecule has 1 aromatic rings. The van der Waals surface area contributed by atoms with Gasteiger partial charge in [-0.05, 0) is 67.3 Å². The summed E-state index contributed by atoms with van der Waals surface area (Å²) in [5, 5.41) is 7.72. The van der Waals surface area contributed by atoms with Gasteiger partial charge in [0.15, 0.2) is 8.32 Å². The maximum Gasteiger partial charge on any atom is 0.345 e. The molecule has 9 heteroatoms. The van der Waals surface area contributed by atoms with E-state index in [1.165, 1.54) is 6.08 Å². The van der Waals surface area contributed by atoms with Crippen molar-refractivity contribution >= 4 is 41.7 Å². The number of nitrogens with one attached hydrogen (secondary N) is 1. The fraction of sp³-hybridized carbons (Fsp3) is 0.625. The van der Waals surface area contributed by atoms with E-state index in [0.717, 1.165) is 12.2 Å². The van der Waals surface area contributed by atoms with Gasteiger partial charge in [-0.25, -0.2) is 4.79 Å². The molecule has 0 saturated carbocycles. The third-order valence-corrected chi connectivity index (χ3v) is 12.0. The molecule has 33 heavy (non-hydrogen) atoms. The van der Waals surface area contributed by atoms with Gasteiger partial charge in [0.05, 0.1) is 17.7 Å². The standard InChI is InChI=1S/C24H38BrN3O4Si/c1-10-12-31-23(30)21(25)17(18-13-15(3)28(11-2)27-18)14-19-20(22(29)26-19)16(4)32-33(8,9)24(5,6)7/h10,13,16,19-20H,1,11-12,14H2,2-9H3,(H,26,29)/b21-17+/t16-,19-,20-/m1/s1. The van der Waals surface area contributed by atoms with Crippen LogP contribution in [0.4, 0.5) is 0 Å². The molecule has 2 heterocycles. The molecule has 0 radical (unpaired) electrons. The summed E-state index contributed by atoms with van der Waals surface area (Å²) >= 11 is 3.45. The number of rotatable bonds is 10. The third kappa shape index (κ3) is 6.25. The Balaban J connectivity index is 2.34. The number of hydrogen-bond donors (Lipinski definition) is 1. The highest BCUT2D eigenvalue weighted by Crippen LogP contribution is 2.40. The molecular formula is C24H38BrN3O4Si. The predicted molar refractivity (Wildman–Crippen MR) is 137 cm³/mol. The van der Waals surface area contributed by atoms with Crippen LogP contribution in [0, 0.1) is 12.8 Å². The lowest BCUT2D eigenvalue weighted by atomic mass is 9.81. The van der Waals surface area contributed by atoms with Crippen molar-refractivity contribution in [1.29, 1.82) is 0 Å². The number of aryl methyl sites for hydroxylation is 2. The maximum atomic E-state index is 12.6. The summed E-state index contributed by atoms with van der Waals surface area (Å²) < 4.78 is 14.0. The number of nitrogens with zero attached hydrogens (tertiary/aromatic N) is 2. The minimum Gasteiger partial charge on any atom is -0.457 e. The van der Waals surface area contributed by atoms with E-state index in [9.17, 15) is 9.59 Å². The highest BCUT2D eigenvalue weighted by Gasteiger charge is 2.47. The molecule has 1 aromatic heterocycles. The molecule has 7 nitrogen and oxygen atoms in total. The van der Waals surface area contributed by atoms with E-state index in [-0.39, 0.29) is 35.6 Å². The van der Waals surface area contributed by atoms with E-state index >= 15 is 0 Å². The Morgan fingerprint density at radius 2 is 2.06 bits per heavy atom. The summed E-state index contributed by atoms with van der Waals surface area (Å²) in [7, 11) is -2.04. The molecule has 1 fully saturated rings. The van der Waals surface area contributed by atoms with Crippen LogP contribution in [0.2, 0.25) is 18.1 Å². The van der Waals surface area contributed by atoms with Gasteiger partial charge >= 0.3 is 5.97 Å². The first-order valence-corrected chi connectivity index (χ1v) is 15.1. The molecule has 3 atom stereocenters. The summed E-state index contributed by atoms with van der Waals surface area (Å²) in [5.74, 6) is -0.805. The quantitative estimate of drug-likeness (QED) is 0.149. The topological polar surface area (TPSA) is 82.5 Å². The van der Waals surface area contributed by atoms with Gasteiger partial charge in [-0.15, -0.1) is 0 Å². The van der Waals surface area contributed by atoms with Gasteiger partial charge < -0.3 is 14.5 Å². The minimum absolute atomic E-state index is 0.0221. The Hall–Kier alpha value is -1.71. The van der Waals surface area contributed by atoms with Crippen LogP contribution in [0.5, 0.6) is 0 Å². The number of carbonyl (C=O) groups excluding carboxylic acids is 2. The van der Waals surface area contributed by atoms with Gasteiger partial charge in [0.25, 0.3) is 0 Å². The second kappa shape index (κ2) is 10.7. The van der Waals surface area contributed by atoms with Crippen LogP contribution in [0.15, 0.2) is 23.2 Å². The second-order valence-corrected chi connectivity index (χ2v) is 15.6. The zero-order chi connectivity index (χ0) is 25.1. The first-order valence-electron chi connectivity index (χ1n) is 11.4. The number of halogens is 1. The number of β-lactam (4-membered cyclic amide) rings is 1. The first-order chi connectivity index (χ1) is 15.2. The second-order valence-electron chi connectivity index (χ2n) is 10.1. The zero-order valence-electron chi connectivity index (χ0n) is 21.1. The summed E-state index contributed by atoms with van der Waals surface area (Å²) in [4.78, 5) is 25.2. The largest absolute Gasteiger partial charge is 0.457 e. The zero-order valence-corrected chi connectivity index (χ0v) is 23.7. The van der Waals surface area contributed by atoms with Crippen molar-refractivity contribution in [2.24, 2.45) is 5.92 Å². The van der Waals surface area contributed by atoms with Gasteiger partial charge in [0.2, 0.25) is 5.91 Å². The van der Waals surface area contributed by atoms with E-state index < -0.39 is 14.3 Å². The third-order valence-electron chi connectivity index (χ3n) is 6.65. The molecule has 1 N–H and O–H groups in total. The molecule has 1 amide bonds. The van der Waals surface area contributed by atoms with E-state index in [1.807, 2.05) is 31.5 Å². The van der Waals surface area contributed by atoms with Gasteiger partial charge in [-0.2, -0.15) is 5.10 Å². The summed E-state index contributed by atoms with van der Waals surface area (Å²) in [5.41, 5.74) is 2.39. The Labute approximate surface area is 207 Å². The molecule has 0 bridgehead atoms. The van der Waals surface area contributed by atoms with Gasteiger partial charge in [0, 0.05) is 23.9 Å². The summed E-state index contributed by atoms with van der Waals surface area (Å²) in [6.07, 6.45) is 1.73. The van der Waals surface area contributed by atoms with Crippen molar-refractivity contribution < 1.29 is 18.8 Å². The number of carbonyl (C=O) groups is 2. The van der Waals surface area contributed by atoms with E-state index in [0.29, 0.717) is 22.2 Å². The molecule has 0 unspecified atom stereocenters. The number of hydrogen-bond acceptors (Lipinski definition) is 5. The van der Waals surface area contributed by atoms with E-state index in [1.54, 1.807) is 0 Å². The minimum atomic E-state index is -2.04. The highest BCUT2D eigenvalue weighted by molar-refractivity contribution is 9.12. The summed E-state index contributed by atoms with van der Waals surface area (Å²) in [6.45, 7) is 21.3. The van der Waals surface area contributed by atoms with Crippen molar-refractivity contribution in [3.8, 4) is 0 Å². The average molecular weight is 541 g/mol. The van der Waals surface area contributed by atoms with Crippen LogP contribution in [-0.2, 0) is 25.3 Å². The molecule has 0 spiro atoms. The van der Waals surface area contributed by atoms with Crippen LogP contribution < -0.4 is 5.32 Å². The fourth-order valence-corrected chi connectivity index (χ4v) is 5.62. The molecule has 2 rings (SSSR count). The van der Waals surface area contributed by atoms with Crippen LogP contribution in [0.3, 0.4) is 0 Å². The monoisotopic (exact) mass is 539 g/mol. The van der Waals surface area contributed by atoms with Crippen LogP contribution in [0.25, 0.3) is 5.57 Å². The predicted octanol–water partition coefficient (Wildman–Crippen LogP) is 4.96. The van der Waals surface area contributed by atoms with Crippen molar-refractivity contribution in [1.82, 2.24) is 15.1 Å². The molecule has 1 aliphatic heterocycles. The normalized spacial score (nSPS) is 20.5. The Morgan fingerprint density at radius 3 is 2.55 bits per heavy atom. The molecule has 184 valence electrons. The number of ether oxygens (including phenoxy) is 1. The number of esters is 1. The van der Waals surface area contributed by atoms with Crippen LogP contribution in [-0.4, -0.2) is 48.7 Å². The van der Waals surface area contributed by atoms with Crippen LogP contribution in [0.1, 0.15) is 52.4 Å². The lowest BCUT2D eigenvalue weighted by molar-refractivity contribution is -0.139. The van der Waals surface area contributed by atoms with E-state index in [4.69, 9.17) is 9.16 Å². The maximum absolute atomic E-state index is 12.6. The average Bonchev–Trinajstić information content (AvgIpc) is 3.07. The first kappa shape index (κ1) is 27.5. The van der Waals surface area contributed by atoms with Crippen molar-refractivity contribution in [3.05, 3.63) is 34.6 Å². The molecule has 1 aliphatic rings. The molecular weight excluding hydrogens is 502 g/mol. The molecule has 1 saturated heterocycles. The van der Waals surface area contributed by atoms with Crippen molar-refractivity contribution in [2.45, 2.75) is 84.8 Å². The lowest BCUT2D eigenvalue weighted by Crippen LogP contribution is -2.63. The van der Waals surface area contributed by atoms with Crippen molar-refractivity contribution in [3.63, 3.8) is 0 Å². The van der Waals surface area contributed by atoms with Gasteiger partial charge in [-0.1, -0.05) is 33.4 Å². The van der Waals surface area contributed by atoms with Crippen LogP contribution >= 0.6 is 15.9 Å². The molecule has 0 aromatic carbocycles. The highest BCUT2D eigenvalue weighted by atomic mass is 79.9. The van der Waals surface area contributed by atoms with Gasteiger partial charge in [-0.3, -0.25) is 9.48 Å². The number of amides is 1. The SMILES string of the molecule is C=CCOC(=O)/C(Br)=C(/C[C@H]1NC(=O)[C@@H]1[C@@H](C)O[Si](C)(C)C(C)(C)C)c1cc(C)n(CC)n1.